The highest BCUT2D eigenvalue weighted by Crippen LogP contribution is 2.48. The van der Waals surface area contributed by atoms with Crippen LogP contribution in [0.3, 0.4) is 0 Å². The molecule has 0 radical (unpaired) electrons. The van der Waals surface area contributed by atoms with Crippen LogP contribution in [0.4, 0.5) is 0 Å². The Morgan fingerprint density at radius 3 is 2.55 bits per heavy atom. The standard InChI is InChI=1S/C30H42O/c1-3-5-7-8-9-23-10-11-25-20-26(13-12-24(25)19-23)27-14-15-29-22-30(31-18-6-4-2)17-16-28(29)21-27/h4,6,14-17,21-26H,3,5,7-13,18-20H2,1-2H3/b6-4+/t23?,24-,25?,26-/m1/s1. The molecule has 2 aromatic rings. The Balaban J connectivity index is 1.33. The van der Waals surface area contributed by atoms with Gasteiger partial charge in [-0.15, -0.1) is 0 Å². The number of allylic oxidation sites excluding steroid dienone is 1. The molecule has 2 unspecified atom stereocenters. The van der Waals surface area contributed by atoms with E-state index in [9.17, 15) is 0 Å². The van der Waals surface area contributed by atoms with Gasteiger partial charge in [-0.25, -0.2) is 0 Å². The van der Waals surface area contributed by atoms with Crippen molar-refractivity contribution < 1.29 is 4.74 Å². The van der Waals surface area contributed by atoms with Crippen LogP contribution in [-0.4, -0.2) is 6.61 Å². The fourth-order valence-corrected chi connectivity index (χ4v) is 6.24. The van der Waals surface area contributed by atoms with Gasteiger partial charge in [-0.05, 0) is 91.2 Å². The maximum absolute atomic E-state index is 5.82. The largest absolute Gasteiger partial charge is 0.490 e. The average molecular weight is 419 g/mol. The minimum Gasteiger partial charge on any atom is -0.490 e. The molecule has 2 aromatic carbocycles. The predicted molar refractivity (Wildman–Crippen MR) is 134 cm³/mol. The molecule has 4 rings (SSSR count). The SMILES string of the molecule is C/C=C/COc1ccc2cc([C@@H]3CC[C@@H]4CC(CCCCCC)CCC4C3)ccc2c1. The summed E-state index contributed by atoms with van der Waals surface area (Å²) < 4.78 is 5.82. The van der Waals surface area contributed by atoms with Gasteiger partial charge in [0.05, 0.1) is 0 Å². The summed E-state index contributed by atoms with van der Waals surface area (Å²) in [5.41, 5.74) is 1.57. The molecule has 0 spiro atoms. The minimum atomic E-state index is 0.643. The smallest absolute Gasteiger partial charge is 0.120 e. The van der Waals surface area contributed by atoms with E-state index >= 15 is 0 Å². The van der Waals surface area contributed by atoms with Crippen LogP contribution in [0.25, 0.3) is 10.8 Å². The second-order valence-electron chi connectivity index (χ2n) is 10.2. The van der Waals surface area contributed by atoms with Crippen LogP contribution in [0.5, 0.6) is 5.75 Å². The van der Waals surface area contributed by atoms with Crippen molar-refractivity contribution in [1.29, 1.82) is 0 Å². The Labute approximate surface area is 190 Å². The molecule has 0 N–H and O–H groups in total. The molecule has 2 saturated carbocycles. The third kappa shape index (κ3) is 5.93. The molecule has 168 valence electrons. The van der Waals surface area contributed by atoms with Gasteiger partial charge in [0.1, 0.15) is 12.4 Å². The zero-order valence-electron chi connectivity index (χ0n) is 19.8. The first-order valence-corrected chi connectivity index (χ1v) is 13.0. The number of rotatable bonds is 9. The van der Waals surface area contributed by atoms with Gasteiger partial charge in [0.25, 0.3) is 0 Å². The Bertz CT molecular complexity index is 851. The molecular weight excluding hydrogens is 376 g/mol. The first-order valence-electron chi connectivity index (χ1n) is 13.0. The fourth-order valence-electron chi connectivity index (χ4n) is 6.24. The molecule has 1 nitrogen and oxygen atoms in total. The van der Waals surface area contributed by atoms with Gasteiger partial charge in [0, 0.05) is 0 Å². The van der Waals surface area contributed by atoms with E-state index in [1.807, 2.05) is 19.1 Å². The summed E-state index contributed by atoms with van der Waals surface area (Å²) in [5, 5.41) is 2.65. The number of fused-ring (bicyclic) bond motifs is 2. The number of hydrogen-bond donors (Lipinski definition) is 0. The van der Waals surface area contributed by atoms with Crippen molar-refractivity contribution >= 4 is 10.8 Å². The monoisotopic (exact) mass is 418 g/mol. The van der Waals surface area contributed by atoms with Crippen molar-refractivity contribution in [3.8, 4) is 5.75 Å². The molecule has 2 aliphatic rings. The van der Waals surface area contributed by atoms with Crippen molar-refractivity contribution in [3.05, 3.63) is 54.1 Å². The molecule has 0 amide bonds. The van der Waals surface area contributed by atoms with Crippen molar-refractivity contribution in [2.75, 3.05) is 6.61 Å². The lowest BCUT2D eigenvalue weighted by Crippen LogP contribution is -2.30. The number of benzene rings is 2. The predicted octanol–water partition coefficient (Wildman–Crippen LogP) is 9.07. The quantitative estimate of drug-likeness (QED) is 0.291. The zero-order chi connectivity index (χ0) is 21.5. The van der Waals surface area contributed by atoms with E-state index in [1.54, 1.807) is 5.56 Å². The van der Waals surface area contributed by atoms with Gasteiger partial charge in [-0.3, -0.25) is 0 Å². The summed E-state index contributed by atoms with van der Waals surface area (Å²) in [6.07, 6.45) is 20.0. The topological polar surface area (TPSA) is 9.23 Å². The first kappa shape index (κ1) is 22.4. The summed E-state index contributed by atoms with van der Waals surface area (Å²) in [6.45, 7) is 4.99. The van der Waals surface area contributed by atoms with E-state index in [4.69, 9.17) is 4.74 Å². The number of unbranched alkanes of at least 4 members (excludes halogenated alkanes) is 3. The van der Waals surface area contributed by atoms with E-state index < -0.39 is 0 Å². The zero-order valence-corrected chi connectivity index (χ0v) is 19.8. The Kier molecular flexibility index (Phi) is 8.11. The summed E-state index contributed by atoms with van der Waals surface area (Å²) in [6, 6.07) is 13.7. The second-order valence-corrected chi connectivity index (χ2v) is 10.2. The third-order valence-electron chi connectivity index (χ3n) is 8.08. The minimum absolute atomic E-state index is 0.643. The highest BCUT2D eigenvalue weighted by molar-refractivity contribution is 5.84. The van der Waals surface area contributed by atoms with Crippen LogP contribution in [0, 0.1) is 17.8 Å². The van der Waals surface area contributed by atoms with E-state index in [-0.39, 0.29) is 0 Å². The highest BCUT2D eigenvalue weighted by Gasteiger charge is 2.35. The van der Waals surface area contributed by atoms with Gasteiger partial charge in [0.15, 0.2) is 0 Å². The van der Waals surface area contributed by atoms with E-state index in [2.05, 4.69) is 43.3 Å². The molecule has 0 bridgehead atoms. The molecule has 1 heteroatoms. The van der Waals surface area contributed by atoms with Crippen LogP contribution in [-0.2, 0) is 0 Å². The van der Waals surface area contributed by atoms with E-state index in [1.165, 1.54) is 81.4 Å². The molecule has 4 atom stereocenters. The summed E-state index contributed by atoms with van der Waals surface area (Å²) in [5.74, 6) is 4.74. The van der Waals surface area contributed by atoms with Crippen molar-refractivity contribution in [3.63, 3.8) is 0 Å². The van der Waals surface area contributed by atoms with Crippen LogP contribution in [0.15, 0.2) is 48.6 Å². The Morgan fingerprint density at radius 1 is 0.871 bits per heavy atom. The number of hydrogen-bond acceptors (Lipinski definition) is 1. The maximum Gasteiger partial charge on any atom is 0.120 e. The van der Waals surface area contributed by atoms with Gasteiger partial charge in [-0.2, -0.15) is 0 Å². The molecule has 0 saturated heterocycles. The lowest BCUT2D eigenvalue weighted by molar-refractivity contribution is 0.113. The normalized spacial score (nSPS) is 26.3. The van der Waals surface area contributed by atoms with Crippen LogP contribution in [0.2, 0.25) is 0 Å². The average Bonchev–Trinajstić information content (AvgIpc) is 2.81. The van der Waals surface area contributed by atoms with Crippen LogP contribution < -0.4 is 4.74 Å². The lowest BCUT2D eigenvalue weighted by atomic mass is 9.63. The van der Waals surface area contributed by atoms with Gasteiger partial charge < -0.3 is 4.74 Å². The summed E-state index contributed by atoms with van der Waals surface area (Å²) in [7, 11) is 0. The van der Waals surface area contributed by atoms with Gasteiger partial charge >= 0.3 is 0 Å². The number of ether oxygens (including phenoxy) is 1. The molecule has 31 heavy (non-hydrogen) atoms. The van der Waals surface area contributed by atoms with E-state index in [0.29, 0.717) is 6.61 Å². The lowest BCUT2D eigenvalue weighted by Gasteiger charge is -2.42. The molecule has 0 aromatic heterocycles. The van der Waals surface area contributed by atoms with Crippen LogP contribution >= 0.6 is 0 Å². The second kappa shape index (κ2) is 11.2. The summed E-state index contributed by atoms with van der Waals surface area (Å²) in [4.78, 5) is 0. The Morgan fingerprint density at radius 2 is 1.68 bits per heavy atom. The Hall–Kier alpha value is -1.76. The molecule has 0 heterocycles. The molecule has 2 aliphatic carbocycles. The maximum atomic E-state index is 5.82. The first-order chi connectivity index (χ1) is 15.3. The molecule has 2 fully saturated rings. The van der Waals surface area contributed by atoms with Gasteiger partial charge in [0.2, 0.25) is 0 Å². The van der Waals surface area contributed by atoms with E-state index in [0.717, 1.165) is 29.4 Å². The van der Waals surface area contributed by atoms with Crippen molar-refractivity contribution in [1.82, 2.24) is 0 Å². The summed E-state index contributed by atoms with van der Waals surface area (Å²) >= 11 is 0. The van der Waals surface area contributed by atoms with Gasteiger partial charge in [-0.1, -0.05) is 81.9 Å². The highest BCUT2D eigenvalue weighted by atomic mass is 16.5. The van der Waals surface area contributed by atoms with Crippen LogP contribution in [0.1, 0.15) is 96.0 Å². The van der Waals surface area contributed by atoms with Crippen molar-refractivity contribution in [2.24, 2.45) is 17.8 Å². The van der Waals surface area contributed by atoms with Crippen molar-refractivity contribution in [2.45, 2.75) is 90.4 Å². The molecule has 0 aliphatic heterocycles. The molecular formula is C30H42O. The fraction of sp³-hybridized carbons (Fsp3) is 0.600. The third-order valence-corrected chi connectivity index (χ3v) is 8.08.